The van der Waals surface area contributed by atoms with Crippen LogP contribution in [0.2, 0.25) is 10.0 Å². The Hall–Kier alpha value is -2.54. The fraction of sp³-hybridized carbons (Fsp3) is 0.567. The fourth-order valence-electron chi connectivity index (χ4n) is 5.30. The second-order valence-electron chi connectivity index (χ2n) is 11.3. The zero-order valence-corrected chi connectivity index (χ0v) is 28.2. The summed E-state index contributed by atoms with van der Waals surface area (Å²) in [7, 11) is 1.80. The smallest absolute Gasteiger partial charge is 0.349 e. The number of likely N-dealkylation sites (tertiary alicyclic amines) is 2. The van der Waals surface area contributed by atoms with E-state index in [9.17, 15) is 9.59 Å². The summed E-state index contributed by atoms with van der Waals surface area (Å²) in [5.41, 5.74) is -2.01. The molecule has 2 aliphatic heterocycles. The molecule has 3 fully saturated rings. The van der Waals surface area contributed by atoms with E-state index in [-0.39, 0.29) is 22.5 Å². The number of alkyl halides is 3. The fourth-order valence-corrected chi connectivity index (χ4v) is 6.18. The summed E-state index contributed by atoms with van der Waals surface area (Å²) >= 11 is 12.8. The van der Waals surface area contributed by atoms with E-state index in [2.05, 4.69) is 29.0 Å². The van der Waals surface area contributed by atoms with E-state index in [1.54, 1.807) is 7.05 Å². The summed E-state index contributed by atoms with van der Waals surface area (Å²) < 4.78 is 52.0. The van der Waals surface area contributed by atoms with Crippen LogP contribution >= 0.6 is 34.5 Å². The SMILES string of the molecule is CC.CC.CC1(C)CC1C=O.CN1CC2(C1)CN(C(=O)c1cncs1)CC2(F)c1nnc(C(F)(F)c2ccc(Cl)c(Cl)c2)o1. The molecular weight excluding hydrogens is 638 g/mol. The van der Waals surface area contributed by atoms with E-state index in [0.717, 1.165) is 36.2 Å². The second kappa shape index (κ2) is 13.8. The minimum Gasteiger partial charge on any atom is -0.416 e. The molecule has 44 heavy (non-hydrogen) atoms. The van der Waals surface area contributed by atoms with Crippen LogP contribution in [0.1, 0.15) is 75.0 Å². The van der Waals surface area contributed by atoms with E-state index < -0.39 is 40.9 Å². The molecule has 8 nitrogen and oxygen atoms in total. The van der Waals surface area contributed by atoms with Crippen molar-refractivity contribution in [2.24, 2.45) is 16.7 Å². The molecule has 0 N–H and O–H groups in total. The molecule has 2 saturated heterocycles. The van der Waals surface area contributed by atoms with Gasteiger partial charge in [-0.05, 0) is 31.0 Å². The molecular formula is C30H38Cl2F3N5O3S. The maximum absolute atomic E-state index is 16.6. The van der Waals surface area contributed by atoms with Crippen LogP contribution in [0, 0.1) is 16.7 Å². The lowest BCUT2D eigenvalue weighted by Crippen LogP contribution is -2.63. The van der Waals surface area contributed by atoms with Gasteiger partial charge in [0.05, 0.1) is 33.7 Å². The summed E-state index contributed by atoms with van der Waals surface area (Å²) in [6, 6.07) is 3.29. The van der Waals surface area contributed by atoms with Gasteiger partial charge in [0.2, 0.25) is 5.67 Å². The quantitative estimate of drug-likeness (QED) is 0.259. The van der Waals surface area contributed by atoms with Gasteiger partial charge in [-0.1, -0.05) is 70.8 Å². The standard InChI is InChI=1S/C20H16Cl2F3N5O2S.C6H10O.2C2H6/c1-29-6-18(7-29)8-30(15(31)14-5-26-10-33-14)9-19(18,23)16-27-28-17(32-16)20(24,25)11-2-3-12(21)13(22)4-11;1-6(2)3-5(6)4-7;2*1-2/h2-5,10H,6-9H2,1H3;4-5H,3H2,1-2H3;2*1-2H3. The minimum atomic E-state index is -3.73. The molecule has 2 aromatic heterocycles. The lowest BCUT2D eigenvalue weighted by molar-refractivity contribution is -0.109. The van der Waals surface area contributed by atoms with Crippen LogP contribution < -0.4 is 0 Å². The molecule has 242 valence electrons. The van der Waals surface area contributed by atoms with E-state index in [0.29, 0.717) is 29.3 Å². The van der Waals surface area contributed by atoms with Crippen molar-refractivity contribution in [1.29, 1.82) is 0 Å². The first-order chi connectivity index (χ1) is 20.7. The van der Waals surface area contributed by atoms with Crippen molar-refractivity contribution in [3.8, 4) is 0 Å². The van der Waals surface area contributed by atoms with Crippen LogP contribution in [0.15, 0.2) is 34.3 Å². The lowest BCUT2D eigenvalue weighted by atomic mass is 9.69. The van der Waals surface area contributed by atoms with Crippen LogP contribution in [-0.4, -0.2) is 70.4 Å². The predicted molar refractivity (Wildman–Crippen MR) is 165 cm³/mol. The predicted octanol–water partition coefficient (Wildman–Crippen LogP) is 7.51. The van der Waals surface area contributed by atoms with Gasteiger partial charge in [-0.15, -0.1) is 21.5 Å². The first kappa shape index (κ1) is 35.9. The molecule has 1 aliphatic carbocycles. The molecule has 0 bridgehead atoms. The highest BCUT2D eigenvalue weighted by atomic mass is 35.5. The van der Waals surface area contributed by atoms with Gasteiger partial charge >= 0.3 is 5.92 Å². The summed E-state index contributed by atoms with van der Waals surface area (Å²) in [6.45, 7) is 12.5. The third-order valence-corrected chi connectivity index (χ3v) is 9.39. The third kappa shape index (κ3) is 6.83. The minimum absolute atomic E-state index is 0.0694. The average Bonchev–Trinajstić information content (AvgIpc) is 3.51. The van der Waals surface area contributed by atoms with Gasteiger partial charge < -0.3 is 19.0 Å². The number of carbonyl (C=O) groups excluding carboxylic acids is 2. The molecule has 6 rings (SSSR count). The zero-order chi connectivity index (χ0) is 33.1. The maximum Gasteiger partial charge on any atom is 0.349 e. The summed E-state index contributed by atoms with van der Waals surface area (Å²) in [6.07, 6.45) is 3.56. The number of aldehydes is 1. The molecule has 4 heterocycles. The monoisotopic (exact) mass is 675 g/mol. The first-order valence-corrected chi connectivity index (χ1v) is 16.0. The van der Waals surface area contributed by atoms with Gasteiger partial charge in [0.25, 0.3) is 17.7 Å². The number of benzene rings is 1. The number of hydrogen-bond donors (Lipinski definition) is 0. The molecule has 2 atom stereocenters. The second-order valence-corrected chi connectivity index (χ2v) is 13.0. The summed E-state index contributed by atoms with van der Waals surface area (Å²) in [5, 5.41) is 7.16. The van der Waals surface area contributed by atoms with Crippen LogP contribution in [-0.2, 0) is 16.4 Å². The molecule has 0 radical (unpaired) electrons. The average molecular weight is 677 g/mol. The van der Waals surface area contributed by atoms with Crippen molar-refractivity contribution in [3.05, 3.63) is 62.2 Å². The van der Waals surface area contributed by atoms with Gasteiger partial charge in [-0.25, -0.2) is 4.39 Å². The number of thiazole rings is 1. The Bertz CT molecular complexity index is 1430. The molecule has 3 aromatic rings. The Kier molecular flexibility index (Phi) is 11.3. The molecule has 1 aromatic carbocycles. The highest BCUT2D eigenvalue weighted by Crippen LogP contribution is 2.54. The van der Waals surface area contributed by atoms with Crippen molar-refractivity contribution in [1.82, 2.24) is 25.0 Å². The topological polar surface area (TPSA) is 92.4 Å². The van der Waals surface area contributed by atoms with Gasteiger partial charge in [-0.2, -0.15) is 8.78 Å². The van der Waals surface area contributed by atoms with Gasteiger partial charge in [0, 0.05) is 31.1 Å². The molecule has 1 spiro atoms. The normalized spacial score (nSPS) is 22.8. The van der Waals surface area contributed by atoms with Crippen LogP contribution in [0.4, 0.5) is 13.2 Å². The van der Waals surface area contributed by atoms with Crippen molar-refractivity contribution in [2.45, 2.75) is 59.6 Å². The highest BCUT2D eigenvalue weighted by Gasteiger charge is 2.68. The van der Waals surface area contributed by atoms with E-state index in [1.807, 2.05) is 32.6 Å². The van der Waals surface area contributed by atoms with Gasteiger partial charge in [0.1, 0.15) is 11.2 Å². The molecule has 2 unspecified atom stereocenters. The molecule has 3 aliphatic rings. The Labute approximate surface area is 269 Å². The Morgan fingerprint density at radius 2 is 1.73 bits per heavy atom. The number of hydrogen-bond acceptors (Lipinski definition) is 8. The van der Waals surface area contributed by atoms with E-state index in [1.165, 1.54) is 22.7 Å². The van der Waals surface area contributed by atoms with Gasteiger partial charge in [-0.3, -0.25) is 9.78 Å². The number of amides is 1. The zero-order valence-electron chi connectivity index (χ0n) is 25.8. The molecule has 1 amide bonds. The van der Waals surface area contributed by atoms with E-state index >= 15 is 13.2 Å². The van der Waals surface area contributed by atoms with Crippen molar-refractivity contribution < 1.29 is 27.2 Å². The number of carbonyl (C=O) groups is 2. The van der Waals surface area contributed by atoms with Crippen LogP contribution in [0.5, 0.6) is 0 Å². The Morgan fingerprint density at radius 1 is 1.09 bits per heavy atom. The van der Waals surface area contributed by atoms with Crippen LogP contribution in [0.25, 0.3) is 0 Å². The highest BCUT2D eigenvalue weighted by molar-refractivity contribution is 7.11. The third-order valence-electron chi connectivity index (χ3n) is 7.89. The summed E-state index contributed by atoms with van der Waals surface area (Å²) in [5.74, 6) is -5.39. The number of rotatable bonds is 5. The van der Waals surface area contributed by atoms with E-state index in [4.69, 9.17) is 27.6 Å². The number of aromatic nitrogens is 3. The van der Waals surface area contributed by atoms with Crippen molar-refractivity contribution in [2.75, 3.05) is 33.2 Å². The maximum atomic E-state index is 16.6. The summed E-state index contributed by atoms with van der Waals surface area (Å²) in [4.78, 5) is 30.3. The molecule has 1 saturated carbocycles. The largest absolute Gasteiger partial charge is 0.416 e. The van der Waals surface area contributed by atoms with Crippen molar-refractivity contribution in [3.63, 3.8) is 0 Å². The Morgan fingerprint density at radius 3 is 2.20 bits per heavy atom. The number of nitrogens with zero attached hydrogens (tertiary/aromatic N) is 5. The first-order valence-electron chi connectivity index (χ1n) is 14.4. The van der Waals surface area contributed by atoms with Crippen LogP contribution in [0.3, 0.4) is 0 Å². The van der Waals surface area contributed by atoms with Crippen molar-refractivity contribution >= 4 is 46.7 Å². The van der Waals surface area contributed by atoms with Gasteiger partial charge in [0.15, 0.2) is 0 Å². The lowest BCUT2D eigenvalue weighted by Gasteiger charge is -2.50. The Balaban J connectivity index is 0.000000414. The number of halogens is 5. The molecule has 14 heteroatoms.